The first-order valence-electron chi connectivity index (χ1n) is 47.7. The van der Waals surface area contributed by atoms with Crippen molar-refractivity contribution in [3.05, 3.63) is 507 Å². The second-order valence-corrected chi connectivity index (χ2v) is 35.9. The Labute approximate surface area is 827 Å². The van der Waals surface area contributed by atoms with Gasteiger partial charge in [-0.1, -0.05) is 291 Å². The lowest BCUT2D eigenvalue weighted by Crippen LogP contribution is -1.97. The van der Waals surface area contributed by atoms with Crippen LogP contribution in [-0.2, 0) is 0 Å². The third kappa shape index (κ3) is 13.9. The van der Waals surface area contributed by atoms with Crippen LogP contribution in [0.25, 0.3) is 232 Å². The van der Waals surface area contributed by atoms with Gasteiger partial charge in [-0.15, -0.1) is 0 Å². The van der Waals surface area contributed by atoms with E-state index in [2.05, 4.69) is 416 Å². The molecule has 0 atom stereocenters. The summed E-state index contributed by atoms with van der Waals surface area (Å²) in [7, 11) is 0. The van der Waals surface area contributed by atoms with E-state index in [4.69, 9.17) is 0 Å². The molecule has 144 heavy (non-hydrogen) atoms. The second-order valence-electron chi connectivity index (χ2n) is 35.9. The molecule has 0 N–H and O–H groups in total. The summed E-state index contributed by atoms with van der Waals surface area (Å²) in [6.07, 6.45) is 0. The Hall–Kier alpha value is -20.6. The van der Waals surface area contributed by atoms with Crippen molar-refractivity contribution in [2.75, 3.05) is 0 Å². The number of aromatic nitrogens is 6. The lowest BCUT2D eigenvalue weighted by atomic mass is 9.91. The van der Waals surface area contributed by atoms with Crippen LogP contribution in [0.3, 0.4) is 0 Å². The Bertz CT molecular complexity index is 10200. The van der Waals surface area contributed by atoms with Crippen molar-refractivity contribution in [1.82, 2.24) is 27.4 Å². The first-order valence-corrected chi connectivity index (χ1v) is 47.7. The van der Waals surface area contributed by atoms with Crippen molar-refractivity contribution in [1.29, 1.82) is 31.6 Å². The third-order valence-corrected chi connectivity index (χ3v) is 28.2. The molecule has 0 spiro atoms. The Morgan fingerprint density at radius 2 is 0.389 bits per heavy atom. The van der Waals surface area contributed by atoms with Gasteiger partial charge in [0.1, 0.15) is 6.07 Å². The van der Waals surface area contributed by atoms with E-state index < -0.39 is 0 Å². The molecule has 0 saturated heterocycles. The number of benzene rings is 21. The molecule has 27 aromatic rings. The molecule has 0 aliphatic rings. The average molecular weight is 1830 g/mol. The molecule has 0 bridgehead atoms. The van der Waals surface area contributed by atoms with Gasteiger partial charge in [0.05, 0.1) is 136 Å². The highest BCUT2D eigenvalue weighted by Crippen LogP contribution is 2.51. The topological polar surface area (TPSA) is 172 Å². The van der Waals surface area contributed by atoms with Gasteiger partial charge in [0.2, 0.25) is 0 Å². The molecule has 0 amide bonds. The number of hydrogen-bond acceptors (Lipinski definition) is 6. The van der Waals surface area contributed by atoms with E-state index in [1.54, 1.807) is 0 Å². The van der Waals surface area contributed by atoms with Gasteiger partial charge in [0.15, 0.2) is 0 Å². The quantitative estimate of drug-likeness (QED) is 0.118. The van der Waals surface area contributed by atoms with E-state index in [1.807, 2.05) is 121 Å². The minimum atomic E-state index is 0.628. The third-order valence-electron chi connectivity index (χ3n) is 28.2. The van der Waals surface area contributed by atoms with Gasteiger partial charge in [-0.25, -0.2) is 0 Å². The molecule has 12 heteroatoms. The van der Waals surface area contributed by atoms with Crippen LogP contribution in [-0.4, -0.2) is 27.4 Å². The number of rotatable bonds is 12. The SMILES string of the molecule is N#Cc1ccc(-n2c3ccccc3c3c(-c4ccccc4-c4cccc5c6cc(C#N)ccc6n(-c6ccccc6)c45)cccc32)cc1.N#Cc1ccc2c(c1)c1cccc(-c3ccccc3-c3cccc4c3c3ccccc3n4-c3ccccc3C#N)c1n2-c1ccccc1.N#Cc1cccc(-n2c3ccccc3c3c(-c4ccccc4-c4cccc5c6cc(C#N)ccc6n(-c6ccccc6)c45)cccc32)c1. The smallest absolute Gasteiger partial charge is 0.101 e. The second kappa shape index (κ2) is 35.5. The molecule has 6 aromatic heterocycles. The number of nitriles is 6. The zero-order valence-corrected chi connectivity index (χ0v) is 77.4. The monoisotopic (exact) mass is 1830 g/mol. The lowest BCUT2D eigenvalue weighted by molar-refractivity contribution is 1.17. The molecular formula is C132H78N12. The molecule has 12 nitrogen and oxygen atoms in total. The predicted molar refractivity (Wildman–Crippen MR) is 586 cm³/mol. The summed E-state index contributed by atoms with van der Waals surface area (Å²) >= 11 is 0. The Balaban J connectivity index is 0.000000113. The molecule has 0 radical (unpaired) electrons. The number of para-hydroxylation sites is 10. The Kier molecular flexibility index (Phi) is 21.0. The minimum absolute atomic E-state index is 0.628. The molecular weight excluding hydrogens is 1750 g/mol. The van der Waals surface area contributed by atoms with Crippen LogP contribution in [0.4, 0.5) is 0 Å². The van der Waals surface area contributed by atoms with Gasteiger partial charge in [-0.2, -0.15) is 31.6 Å². The zero-order chi connectivity index (χ0) is 96.6. The van der Waals surface area contributed by atoms with Gasteiger partial charge in [0.25, 0.3) is 0 Å². The molecule has 0 fully saturated rings. The molecule has 6 heterocycles. The highest BCUT2D eigenvalue weighted by molar-refractivity contribution is 6.24. The Morgan fingerprint density at radius 1 is 0.139 bits per heavy atom. The van der Waals surface area contributed by atoms with Crippen LogP contribution in [0.15, 0.2) is 473 Å². The van der Waals surface area contributed by atoms with E-state index >= 15 is 0 Å². The van der Waals surface area contributed by atoms with Crippen LogP contribution in [0.1, 0.15) is 33.4 Å². The molecule has 21 aromatic carbocycles. The summed E-state index contributed by atoms with van der Waals surface area (Å²) in [6.45, 7) is 0. The van der Waals surface area contributed by atoms with E-state index in [-0.39, 0.29) is 0 Å². The van der Waals surface area contributed by atoms with Gasteiger partial charge in [-0.05, 0) is 232 Å². The van der Waals surface area contributed by atoms with Gasteiger partial charge < -0.3 is 27.4 Å². The normalized spacial score (nSPS) is 11.3. The van der Waals surface area contributed by atoms with Crippen molar-refractivity contribution in [2.45, 2.75) is 0 Å². The maximum absolute atomic E-state index is 10.0. The summed E-state index contributed by atoms with van der Waals surface area (Å²) in [5.74, 6) is 0. The van der Waals surface area contributed by atoms with Crippen molar-refractivity contribution in [3.8, 4) is 137 Å². The maximum Gasteiger partial charge on any atom is 0.101 e. The summed E-state index contributed by atoms with van der Waals surface area (Å²) < 4.78 is 13.7. The summed E-state index contributed by atoms with van der Waals surface area (Å²) in [6, 6.07) is 177. The number of nitrogens with zero attached hydrogens (tertiary/aromatic N) is 12. The van der Waals surface area contributed by atoms with E-state index in [1.165, 1.54) is 10.8 Å². The van der Waals surface area contributed by atoms with Crippen LogP contribution >= 0.6 is 0 Å². The molecule has 0 unspecified atom stereocenters. The predicted octanol–water partition coefficient (Wildman–Crippen LogP) is 32.9. The summed E-state index contributed by atoms with van der Waals surface area (Å²) in [5, 5.41) is 71.9. The van der Waals surface area contributed by atoms with E-state index in [0.717, 1.165) is 221 Å². The fraction of sp³-hybridized carbons (Fsp3) is 0. The average Bonchev–Trinajstić information content (AvgIpc) is 1.57. The van der Waals surface area contributed by atoms with E-state index in [9.17, 15) is 31.6 Å². The van der Waals surface area contributed by atoms with Gasteiger partial charge in [-0.3, -0.25) is 0 Å². The highest BCUT2D eigenvalue weighted by Gasteiger charge is 2.29. The highest BCUT2D eigenvalue weighted by atomic mass is 15.0. The Morgan fingerprint density at radius 3 is 0.764 bits per heavy atom. The first-order chi connectivity index (χ1) is 71.3. The summed E-state index contributed by atoms with van der Waals surface area (Å²) in [5.41, 5.74) is 36.4. The molecule has 0 saturated carbocycles. The molecule has 0 aliphatic carbocycles. The van der Waals surface area contributed by atoms with Crippen molar-refractivity contribution in [2.24, 2.45) is 0 Å². The minimum Gasteiger partial charge on any atom is -0.309 e. The van der Waals surface area contributed by atoms with Gasteiger partial charge in [0, 0.05) is 110 Å². The van der Waals surface area contributed by atoms with Crippen LogP contribution in [0, 0.1) is 68.0 Å². The maximum atomic E-state index is 10.0. The van der Waals surface area contributed by atoms with Crippen LogP contribution < -0.4 is 0 Å². The molecule has 666 valence electrons. The van der Waals surface area contributed by atoms with Crippen molar-refractivity contribution < 1.29 is 0 Å². The zero-order valence-electron chi connectivity index (χ0n) is 77.4. The number of hydrogen-bond donors (Lipinski definition) is 0. The van der Waals surface area contributed by atoms with Crippen LogP contribution in [0.5, 0.6) is 0 Å². The molecule has 0 aliphatic heterocycles. The largest absolute Gasteiger partial charge is 0.309 e. The first kappa shape index (κ1) is 85.1. The summed E-state index contributed by atoms with van der Waals surface area (Å²) in [4.78, 5) is 0. The van der Waals surface area contributed by atoms with Crippen LogP contribution in [0.2, 0.25) is 0 Å². The fourth-order valence-corrected chi connectivity index (χ4v) is 22.2. The van der Waals surface area contributed by atoms with E-state index in [0.29, 0.717) is 33.4 Å². The van der Waals surface area contributed by atoms with Crippen molar-refractivity contribution in [3.63, 3.8) is 0 Å². The molecule has 27 rings (SSSR count). The number of fused-ring (bicyclic) bond motifs is 18. The van der Waals surface area contributed by atoms with Gasteiger partial charge >= 0.3 is 0 Å². The lowest BCUT2D eigenvalue weighted by Gasteiger charge is -2.16. The standard InChI is InChI=1S/3C44H26N4/c45-27-29-24-25-41-38(26-29)36-20-10-19-35(44(36)47(41)31-13-2-1-3-14-31)33-16-6-5-15-32(33)34-18-11-23-42-43(34)37-17-7-9-22-40(37)48(42)39-21-8-4-12-30(39)28-46;45-27-29-11-8-14-32(25-29)47-40-21-7-6-17-38(40)43-35(18-10-22-42(43)47)33-15-4-5-16-34(33)36-19-9-20-37-39-26-30(28-46)23-24-41(39)48(44(36)37)31-12-2-1-3-13-31;45-27-29-20-23-32(24-21-29)47-40-18-7-6-14-38(40)43-35(15-9-19-42(43)47)33-12-4-5-13-34(33)36-16-8-17-37-39-26-30(28-46)22-25-41(39)48(44(36)37)31-10-2-1-3-11-31/h3*1-26H. The van der Waals surface area contributed by atoms with Crippen molar-refractivity contribution >= 4 is 131 Å². The fourth-order valence-electron chi connectivity index (χ4n) is 22.2.